The third-order valence-electron chi connectivity index (χ3n) is 4.34. The summed E-state index contributed by atoms with van der Waals surface area (Å²) in [4.78, 5) is 2.46. The molecule has 0 aromatic heterocycles. The predicted molar refractivity (Wildman–Crippen MR) is 94.0 cm³/mol. The SMILES string of the molecule is CCCNC(CCN(C)C(C)C(C)C)c1ccc(Cl)cc1. The number of nitrogens with one attached hydrogen (secondary N) is 1. The Balaban J connectivity index is 2.64. The van der Waals surface area contributed by atoms with Crippen LogP contribution in [0.1, 0.15) is 52.1 Å². The lowest BCUT2D eigenvalue weighted by atomic mass is 10.0. The lowest BCUT2D eigenvalue weighted by Crippen LogP contribution is -2.36. The maximum Gasteiger partial charge on any atom is 0.0406 e. The maximum atomic E-state index is 6.00. The third-order valence-corrected chi connectivity index (χ3v) is 4.60. The zero-order chi connectivity index (χ0) is 15.8. The van der Waals surface area contributed by atoms with Gasteiger partial charge in [0.1, 0.15) is 0 Å². The first kappa shape index (κ1) is 18.5. The minimum absolute atomic E-state index is 0.407. The highest BCUT2D eigenvalue weighted by Crippen LogP contribution is 2.20. The van der Waals surface area contributed by atoms with Gasteiger partial charge in [-0.3, -0.25) is 0 Å². The summed E-state index contributed by atoms with van der Waals surface area (Å²) in [5.41, 5.74) is 1.33. The Morgan fingerprint density at radius 2 is 1.76 bits per heavy atom. The van der Waals surface area contributed by atoms with Crippen molar-refractivity contribution in [1.29, 1.82) is 0 Å². The number of hydrogen-bond acceptors (Lipinski definition) is 2. The minimum Gasteiger partial charge on any atom is -0.310 e. The molecule has 2 nitrogen and oxygen atoms in total. The first-order valence-electron chi connectivity index (χ1n) is 8.14. The largest absolute Gasteiger partial charge is 0.310 e. The highest BCUT2D eigenvalue weighted by molar-refractivity contribution is 6.30. The zero-order valence-electron chi connectivity index (χ0n) is 14.2. The molecule has 0 heterocycles. The molecule has 0 amide bonds. The summed E-state index contributed by atoms with van der Waals surface area (Å²) in [6.07, 6.45) is 2.28. The molecule has 3 heteroatoms. The molecule has 120 valence electrons. The van der Waals surface area contributed by atoms with Crippen molar-refractivity contribution < 1.29 is 0 Å². The molecule has 0 saturated carbocycles. The molecule has 0 aliphatic carbocycles. The summed E-state index contributed by atoms with van der Waals surface area (Å²) < 4.78 is 0. The second kappa shape index (κ2) is 9.45. The Bertz CT molecular complexity index is 389. The van der Waals surface area contributed by atoms with Crippen LogP contribution in [-0.4, -0.2) is 31.1 Å². The number of rotatable bonds is 9. The summed E-state index contributed by atoms with van der Waals surface area (Å²) in [5.74, 6) is 0.688. The molecule has 1 rings (SSSR count). The fourth-order valence-electron chi connectivity index (χ4n) is 2.45. The van der Waals surface area contributed by atoms with E-state index in [4.69, 9.17) is 11.6 Å². The second-order valence-electron chi connectivity index (χ2n) is 6.31. The molecule has 0 bridgehead atoms. The van der Waals surface area contributed by atoms with Crippen LogP contribution in [0.2, 0.25) is 5.02 Å². The van der Waals surface area contributed by atoms with Gasteiger partial charge in [-0.15, -0.1) is 0 Å². The fourth-order valence-corrected chi connectivity index (χ4v) is 2.57. The molecule has 0 aliphatic heterocycles. The van der Waals surface area contributed by atoms with Crippen molar-refractivity contribution >= 4 is 11.6 Å². The number of benzene rings is 1. The van der Waals surface area contributed by atoms with Gasteiger partial charge in [0, 0.05) is 17.1 Å². The Labute approximate surface area is 135 Å². The van der Waals surface area contributed by atoms with Gasteiger partial charge in [0.2, 0.25) is 0 Å². The van der Waals surface area contributed by atoms with Crippen LogP contribution in [-0.2, 0) is 0 Å². The van der Waals surface area contributed by atoms with E-state index in [0.29, 0.717) is 18.0 Å². The molecule has 0 spiro atoms. The van der Waals surface area contributed by atoms with Crippen LogP contribution in [0.15, 0.2) is 24.3 Å². The molecule has 1 aromatic carbocycles. The summed E-state index contributed by atoms with van der Waals surface area (Å²) in [6.45, 7) is 11.2. The number of halogens is 1. The molecule has 2 unspecified atom stereocenters. The zero-order valence-corrected chi connectivity index (χ0v) is 15.0. The van der Waals surface area contributed by atoms with E-state index < -0.39 is 0 Å². The first-order chi connectivity index (χ1) is 9.95. The second-order valence-corrected chi connectivity index (χ2v) is 6.75. The summed E-state index contributed by atoms with van der Waals surface area (Å²) in [6, 6.07) is 9.27. The van der Waals surface area contributed by atoms with E-state index in [-0.39, 0.29) is 0 Å². The Morgan fingerprint density at radius 1 is 1.14 bits per heavy atom. The van der Waals surface area contributed by atoms with Crippen molar-refractivity contribution in [2.24, 2.45) is 5.92 Å². The topological polar surface area (TPSA) is 15.3 Å². The van der Waals surface area contributed by atoms with Crippen molar-refractivity contribution in [2.45, 2.75) is 52.6 Å². The number of nitrogens with zero attached hydrogens (tertiary/aromatic N) is 1. The maximum absolute atomic E-state index is 6.00. The number of hydrogen-bond donors (Lipinski definition) is 1. The van der Waals surface area contributed by atoms with Gasteiger partial charge < -0.3 is 10.2 Å². The van der Waals surface area contributed by atoms with Crippen molar-refractivity contribution in [2.75, 3.05) is 20.1 Å². The summed E-state index contributed by atoms with van der Waals surface area (Å²) >= 11 is 6.00. The van der Waals surface area contributed by atoms with Gasteiger partial charge in [0.25, 0.3) is 0 Å². The monoisotopic (exact) mass is 310 g/mol. The molecule has 1 aromatic rings. The van der Waals surface area contributed by atoms with E-state index in [1.165, 1.54) is 5.56 Å². The molecule has 2 atom stereocenters. The average molecular weight is 311 g/mol. The van der Waals surface area contributed by atoms with Gasteiger partial charge >= 0.3 is 0 Å². The van der Waals surface area contributed by atoms with Crippen LogP contribution >= 0.6 is 11.6 Å². The first-order valence-corrected chi connectivity index (χ1v) is 8.52. The highest BCUT2D eigenvalue weighted by Gasteiger charge is 2.16. The van der Waals surface area contributed by atoms with Crippen LogP contribution < -0.4 is 5.32 Å². The quantitative estimate of drug-likeness (QED) is 0.708. The standard InChI is InChI=1S/C18H31ClN2/c1-6-12-20-18(16-7-9-17(19)10-8-16)11-13-21(5)15(4)14(2)3/h7-10,14-15,18,20H,6,11-13H2,1-5H3. The highest BCUT2D eigenvalue weighted by atomic mass is 35.5. The van der Waals surface area contributed by atoms with E-state index in [1.54, 1.807) is 0 Å². The van der Waals surface area contributed by atoms with Crippen LogP contribution in [0.3, 0.4) is 0 Å². The van der Waals surface area contributed by atoms with Crippen LogP contribution in [0.5, 0.6) is 0 Å². The van der Waals surface area contributed by atoms with Crippen molar-refractivity contribution in [3.05, 3.63) is 34.9 Å². The van der Waals surface area contributed by atoms with E-state index >= 15 is 0 Å². The smallest absolute Gasteiger partial charge is 0.0406 e. The van der Waals surface area contributed by atoms with Crippen LogP contribution in [0.25, 0.3) is 0 Å². The van der Waals surface area contributed by atoms with Crippen molar-refractivity contribution in [1.82, 2.24) is 10.2 Å². The molecule has 1 N–H and O–H groups in total. The predicted octanol–water partition coefficient (Wildman–Crippen LogP) is 4.75. The van der Waals surface area contributed by atoms with Gasteiger partial charge in [0.15, 0.2) is 0 Å². The molecular weight excluding hydrogens is 280 g/mol. The van der Waals surface area contributed by atoms with E-state index in [1.807, 2.05) is 12.1 Å². The van der Waals surface area contributed by atoms with Gasteiger partial charge in [0.05, 0.1) is 0 Å². The third kappa shape index (κ3) is 6.37. The Morgan fingerprint density at radius 3 is 2.29 bits per heavy atom. The van der Waals surface area contributed by atoms with Gasteiger partial charge in [-0.25, -0.2) is 0 Å². The van der Waals surface area contributed by atoms with Crippen LogP contribution in [0.4, 0.5) is 0 Å². The van der Waals surface area contributed by atoms with Gasteiger partial charge in [-0.05, 0) is 63.5 Å². The normalized spacial score (nSPS) is 14.7. The Kier molecular flexibility index (Phi) is 8.31. The van der Waals surface area contributed by atoms with E-state index in [2.05, 4.69) is 57.1 Å². The lowest BCUT2D eigenvalue weighted by Gasteiger charge is -2.30. The summed E-state index contributed by atoms with van der Waals surface area (Å²) in [5, 5.41) is 4.46. The Hall–Kier alpha value is -0.570. The molecular formula is C18H31ClN2. The fraction of sp³-hybridized carbons (Fsp3) is 0.667. The van der Waals surface area contributed by atoms with E-state index in [9.17, 15) is 0 Å². The molecule has 0 radical (unpaired) electrons. The minimum atomic E-state index is 0.407. The van der Waals surface area contributed by atoms with Crippen molar-refractivity contribution in [3.63, 3.8) is 0 Å². The van der Waals surface area contributed by atoms with Gasteiger partial charge in [-0.2, -0.15) is 0 Å². The molecule has 21 heavy (non-hydrogen) atoms. The van der Waals surface area contributed by atoms with Crippen LogP contribution in [0, 0.1) is 5.92 Å². The van der Waals surface area contributed by atoms with Gasteiger partial charge in [-0.1, -0.05) is 44.5 Å². The molecule has 0 saturated heterocycles. The lowest BCUT2D eigenvalue weighted by molar-refractivity contribution is 0.198. The van der Waals surface area contributed by atoms with E-state index in [0.717, 1.165) is 31.0 Å². The van der Waals surface area contributed by atoms with Crippen molar-refractivity contribution in [3.8, 4) is 0 Å². The average Bonchev–Trinajstić information content (AvgIpc) is 2.47. The summed E-state index contributed by atoms with van der Waals surface area (Å²) in [7, 11) is 2.23. The molecule has 0 aliphatic rings. The molecule has 0 fully saturated rings.